The van der Waals surface area contributed by atoms with E-state index in [0.717, 1.165) is 19.5 Å². The Labute approximate surface area is 125 Å². The van der Waals surface area contributed by atoms with E-state index >= 15 is 0 Å². The Morgan fingerprint density at radius 1 is 1.30 bits per heavy atom. The molecule has 1 aromatic heterocycles. The van der Waals surface area contributed by atoms with E-state index < -0.39 is 0 Å². The van der Waals surface area contributed by atoms with Crippen LogP contribution in [-0.4, -0.2) is 47.4 Å². The normalized spacial score (nSPS) is 27.4. The predicted octanol–water partition coefficient (Wildman–Crippen LogP) is 2.77. The van der Waals surface area contributed by atoms with Gasteiger partial charge in [0.2, 0.25) is 5.91 Å². The first-order chi connectivity index (χ1) is 9.75. The monoisotopic (exact) mass is 292 g/mol. The summed E-state index contributed by atoms with van der Waals surface area (Å²) in [7, 11) is 0. The predicted molar refractivity (Wildman–Crippen MR) is 83.0 cm³/mol. The standard InChI is InChI=1S/C16H24N2OS/c1-13(19)18-10-3-7-16(18)15-6-2-9-17(15)11-8-14-5-4-12-20-14/h4-5,12,15-16H,2-3,6-11H2,1H3/t15-,16-/m0/s1. The molecule has 0 spiro atoms. The molecule has 4 heteroatoms. The third kappa shape index (κ3) is 2.91. The lowest BCUT2D eigenvalue weighted by Gasteiger charge is -2.34. The van der Waals surface area contributed by atoms with Crippen LogP contribution < -0.4 is 0 Å². The average Bonchev–Trinajstić information content (AvgIpc) is 3.16. The van der Waals surface area contributed by atoms with Crippen molar-refractivity contribution in [3.63, 3.8) is 0 Å². The van der Waals surface area contributed by atoms with E-state index in [0.29, 0.717) is 12.1 Å². The van der Waals surface area contributed by atoms with E-state index in [1.54, 1.807) is 6.92 Å². The molecule has 1 aromatic rings. The summed E-state index contributed by atoms with van der Waals surface area (Å²) in [6.45, 7) is 5.05. The molecular formula is C16H24N2OS. The molecular weight excluding hydrogens is 268 g/mol. The van der Waals surface area contributed by atoms with Crippen molar-refractivity contribution in [2.45, 2.75) is 51.1 Å². The number of hydrogen-bond donors (Lipinski definition) is 0. The van der Waals surface area contributed by atoms with Gasteiger partial charge in [-0.1, -0.05) is 6.07 Å². The van der Waals surface area contributed by atoms with Crippen molar-refractivity contribution in [3.05, 3.63) is 22.4 Å². The van der Waals surface area contributed by atoms with E-state index in [9.17, 15) is 4.79 Å². The zero-order valence-corrected chi connectivity index (χ0v) is 13.1. The van der Waals surface area contributed by atoms with Crippen LogP contribution in [0.25, 0.3) is 0 Å². The van der Waals surface area contributed by atoms with Gasteiger partial charge in [0.1, 0.15) is 0 Å². The van der Waals surface area contributed by atoms with Gasteiger partial charge in [0, 0.05) is 37.0 Å². The fourth-order valence-electron chi connectivity index (χ4n) is 3.86. The molecule has 0 aliphatic carbocycles. The van der Waals surface area contributed by atoms with Crippen LogP contribution in [-0.2, 0) is 11.2 Å². The number of rotatable bonds is 4. The van der Waals surface area contributed by atoms with E-state index in [2.05, 4.69) is 27.3 Å². The van der Waals surface area contributed by atoms with Crippen LogP contribution in [0.2, 0.25) is 0 Å². The lowest BCUT2D eigenvalue weighted by Crippen LogP contribution is -2.48. The van der Waals surface area contributed by atoms with E-state index in [-0.39, 0.29) is 5.91 Å². The maximum Gasteiger partial charge on any atom is 0.219 e. The largest absolute Gasteiger partial charge is 0.338 e. The Balaban J connectivity index is 1.61. The lowest BCUT2D eigenvalue weighted by atomic mass is 10.0. The van der Waals surface area contributed by atoms with Gasteiger partial charge in [-0.05, 0) is 50.1 Å². The van der Waals surface area contributed by atoms with Gasteiger partial charge in [0.05, 0.1) is 0 Å². The molecule has 2 aliphatic heterocycles. The molecule has 2 atom stereocenters. The second kappa shape index (κ2) is 6.27. The molecule has 110 valence electrons. The minimum atomic E-state index is 0.262. The van der Waals surface area contributed by atoms with Crippen LogP contribution in [0.3, 0.4) is 0 Å². The molecule has 0 bridgehead atoms. The highest BCUT2D eigenvalue weighted by Gasteiger charge is 2.38. The smallest absolute Gasteiger partial charge is 0.219 e. The van der Waals surface area contributed by atoms with Gasteiger partial charge >= 0.3 is 0 Å². The summed E-state index contributed by atoms with van der Waals surface area (Å²) in [5, 5.41) is 2.16. The minimum Gasteiger partial charge on any atom is -0.338 e. The Kier molecular flexibility index (Phi) is 4.41. The summed E-state index contributed by atoms with van der Waals surface area (Å²) in [6, 6.07) is 5.43. The van der Waals surface area contributed by atoms with Crippen molar-refractivity contribution in [1.82, 2.24) is 9.80 Å². The van der Waals surface area contributed by atoms with Gasteiger partial charge in [-0.15, -0.1) is 11.3 Å². The molecule has 3 nitrogen and oxygen atoms in total. The number of carbonyl (C=O) groups is 1. The maximum atomic E-state index is 11.8. The van der Waals surface area contributed by atoms with Gasteiger partial charge in [0.15, 0.2) is 0 Å². The number of amides is 1. The van der Waals surface area contributed by atoms with Crippen LogP contribution in [0.5, 0.6) is 0 Å². The molecule has 2 saturated heterocycles. The average molecular weight is 292 g/mol. The summed E-state index contributed by atoms with van der Waals surface area (Å²) in [5.41, 5.74) is 0. The Bertz CT molecular complexity index is 445. The number of carbonyl (C=O) groups excluding carboxylic acids is 1. The summed E-state index contributed by atoms with van der Waals surface area (Å²) in [5.74, 6) is 0.262. The Hall–Kier alpha value is -0.870. The summed E-state index contributed by atoms with van der Waals surface area (Å²) in [4.78, 5) is 18.0. The molecule has 3 rings (SSSR count). The lowest BCUT2D eigenvalue weighted by molar-refractivity contribution is -0.130. The highest BCUT2D eigenvalue weighted by atomic mass is 32.1. The third-order valence-electron chi connectivity index (χ3n) is 4.79. The quantitative estimate of drug-likeness (QED) is 0.852. The first kappa shape index (κ1) is 14.1. The summed E-state index contributed by atoms with van der Waals surface area (Å²) < 4.78 is 0. The van der Waals surface area contributed by atoms with Crippen molar-refractivity contribution < 1.29 is 4.79 Å². The van der Waals surface area contributed by atoms with Gasteiger partial charge in [-0.25, -0.2) is 0 Å². The highest BCUT2D eigenvalue weighted by molar-refractivity contribution is 7.09. The molecule has 20 heavy (non-hydrogen) atoms. The first-order valence-electron chi connectivity index (χ1n) is 7.79. The molecule has 0 unspecified atom stereocenters. The fraction of sp³-hybridized carbons (Fsp3) is 0.688. The highest BCUT2D eigenvalue weighted by Crippen LogP contribution is 2.30. The van der Waals surface area contributed by atoms with Crippen LogP contribution in [0.1, 0.15) is 37.5 Å². The topological polar surface area (TPSA) is 23.6 Å². The summed E-state index contributed by atoms with van der Waals surface area (Å²) in [6.07, 6.45) is 6.08. The fourth-order valence-corrected chi connectivity index (χ4v) is 4.56. The third-order valence-corrected chi connectivity index (χ3v) is 5.72. The van der Waals surface area contributed by atoms with Crippen LogP contribution in [0.15, 0.2) is 17.5 Å². The second-order valence-electron chi connectivity index (χ2n) is 6.00. The van der Waals surface area contributed by atoms with Gasteiger partial charge < -0.3 is 4.90 Å². The number of hydrogen-bond acceptors (Lipinski definition) is 3. The van der Waals surface area contributed by atoms with E-state index in [1.807, 2.05) is 11.3 Å². The number of nitrogens with zero attached hydrogens (tertiary/aromatic N) is 2. The van der Waals surface area contributed by atoms with Crippen molar-refractivity contribution in [3.8, 4) is 0 Å². The van der Waals surface area contributed by atoms with Crippen LogP contribution >= 0.6 is 11.3 Å². The molecule has 2 fully saturated rings. The van der Waals surface area contributed by atoms with Crippen molar-refractivity contribution in [2.75, 3.05) is 19.6 Å². The minimum absolute atomic E-state index is 0.262. The molecule has 0 radical (unpaired) electrons. The van der Waals surface area contributed by atoms with Gasteiger partial charge in [0.25, 0.3) is 0 Å². The molecule has 0 aromatic carbocycles. The molecule has 0 saturated carbocycles. The van der Waals surface area contributed by atoms with Crippen LogP contribution in [0, 0.1) is 0 Å². The number of likely N-dealkylation sites (tertiary alicyclic amines) is 2. The zero-order valence-electron chi connectivity index (χ0n) is 12.3. The summed E-state index contributed by atoms with van der Waals surface area (Å²) >= 11 is 1.85. The molecule has 0 N–H and O–H groups in total. The van der Waals surface area contributed by atoms with Crippen molar-refractivity contribution in [2.24, 2.45) is 0 Å². The van der Waals surface area contributed by atoms with Gasteiger partial charge in [-0.2, -0.15) is 0 Å². The van der Waals surface area contributed by atoms with Crippen molar-refractivity contribution in [1.29, 1.82) is 0 Å². The van der Waals surface area contributed by atoms with E-state index in [4.69, 9.17) is 0 Å². The molecule has 3 heterocycles. The van der Waals surface area contributed by atoms with Crippen LogP contribution in [0.4, 0.5) is 0 Å². The Morgan fingerprint density at radius 2 is 2.10 bits per heavy atom. The number of thiophene rings is 1. The van der Waals surface area contributed by atoms with Gasteiger partial charge in [-0.3, -0.25) is 9.69 Å². The first-order valence-corrected chi connectivity index (χ1v) is 8.67. The molecule has 2 aliphatic rings. The second-order valence-corrected chi connectivity index (χ2v) is 7.03. The Morgan fingerprint density at radius 3 is 2.85 bits per heavy atom. The zero-order chi connectivity index (χ0) is 13.9. The van der Waals surface area contributed by atoms with Crippen molar-refractivity contribution >= 4 is 17.2 Å². The van der Waals surface area contributed by atoms with E-state index in [1.165, 1.54) is 37.1 Å². The molecule has 1 amide bonds. The SMILES string of the molecule is CC(=O)N1CCC[C@H]1[C@@H]1CCCN1CCc1cccs1. The maximum absolute atomic E-state index is 11.8.